The molecule has 0 aliphatic heterocycles. The molecule has 3 nitrogen and oxygen atoms in total. The summed E-state index contributed by atoms with van der Waals surface area (Å²) in [6.45, 7) is 4.18. The van der Waals surface area contributed by atoms with Gasteiger partial charge >= 0.3 is 0 Å². The van der Waals surface area contributed by atoms with Crippen molar-refractivity contribution < 1.29 is 9.18 Å². The number of rotatable bonds is 6. The maximum atomic E-state index is 13.6. The van der Waals surface area contributed by atoms with Gasteiger partial charge in [0.15, 0.2) is 0 Å². The van der Waals surface area contributed by atoms with Crippen molar-refractivity contribution in [1.82, 2.24) is 5.43 Å². The molecule has 0 spiro atoms. The maximum absolute atomic E-state index is 13.6. The van der Waals surface area contributed by atoms with Crippen molar-refractivity contribution >= 4 is 11.6 Å². The summed E-state index contributed by atoms with van der Waals surface area (Å²) in [5, 5.41) is 4.16. The second-order valence-corrected chi connectivity index (χ2v) is 5.06. The van der Waals surface area contributed by atoms with Gasteiger partial charge in [-0.25, -0.2) is 9.82 Å². The van der Waals surface area contributed by atoms with Crippen molar-refractivity contribution in [2.45, 2.75) is 71.4 Å². The maximum Gasteiger partial charge on any atom is 0.246 e. The number of alkyl halides is 1. The number of nitrogens with zero attached hydrogens (tertiary/aromatic N) is 1. The first-order valence-electron chi connectivity index (χ1n) is 7.18. The molecule has 0 bridgehead atoms. The molecule has 4 heteroatoms. The van der Waals surface area contributed by atoms with Gasteiger partial charge in [0.05, 0.1) is 5.92 Å². The van der Waals surface area contributed by atoms with Crippen LogP contribution >= 0.6 is 0 Å². The van der Waals surface area contributed by atoms with Crippen LogP contribution in [0, 0.1) is 5.92 Å². The molecule has 0 aromatic heterocycles. The van der Waals surface area contributed by atoms with E-state index in [4.69, 9.17) is 0 Å². The van der Waals surface area contributed by atoms with Gasteiger partial charge in [-0.1, -0.05) is 39.5 Å². The highest BCUT2D eigenvalue weighted by Gasteiger charge is 2.30. The van der Waals surface area contributed by atoms with Gasteiger partial charge in [0, 0.05) is 5.71 Å². The lowest BCUT2D eigenvalue weighted by atomic mass is 9.87. The first-order valence-corrected chi connectivity index (χ1v) is 7.18. The Labute approximate surface area is 109 Å². The minimum atomic E-state index is -0.991. The van der Waals surface area contributed by atoms with Gasteiger partial charge in [0.1, 0.15) is 6.17 Å². The van der Waals surface area contributed by atoms with E-state index in [0.717, 1.165) is 44.2 Å². The normalized spacial score (nSPS) is 23.5. The number of amides is 1. The van der Waals surface area contributed by atoms with Crippen molar-refractivity contribution in [2.75, 3.05) is 0 Å². The number of hydrazone groups is 1. The molecule has 0 heterocycles. The van der Waals surface area contributed by atoms with Crippen LogP contribution in [0.5, 0.6) is 0 Å². The molecule has 1 amide bonds. The molecule has 0 radical (unpaired) electrons. The Morgan fingerprint density at radius 1 is 1.22 bits per heavy atom. The standard InChI is InChI=1S/C14H25FN2O/c1-3-7-11(8-4-2)16-17-14(18)12-9-5-6-10-13(12)15/h12-13H,3-10H2,1-2H3,(H,17,18). The van der Waals surface area contributed by atoms with Crippen LogP contribution < -0.4 is 5.43 Å². The molecule has 0 saturated heterocycles. The number of carbonyl (C=O) groups is 1. The number of hydrogen-bond acceptors (Lipinski definition) is 2. The number of halogens is 1. The summed E-state index contributed by atoms with van der Waals surface area (Å²) in [6, 6.07) is 0. The SMILES string of the molecule is CCCC(CCC)=NNC(=O)C1CCCCC1F. The molecule has 1 aliphatic carbocycles. The predicted molar refractivity (Wildman–Crippen MR) is 72.2 cm³/mol. The van der Waals surface area contributed by atoms with Crippen LogP contribution in [0.1, 0.15) is 65.2 Å². The number of carbonyl (C=O) groups excluding carboxylic acids is 1. The molecular weight excluding hydrogens is 231 g/mol. The van der Waals surface area contributed by atoms with Gasteiger partial charge in [-0.15, -0.1) is 0 Å². The second-order valence-electron chi connectivity index (χ2n) is 5.06. The van der Waals surface area contributed by atoms with Crippen molar-refractivity contribution in [3.63, 3.8) is 0 Å². The molecule has 1 saturated carbocycles. The molecule has 1 fully saturated rings. The van der Waals surface area contributed by atoms with E-state index in [1.807, 2.05) is 0 Å². The minimum absolute atomic E-state index is 0.244. The zero-order valence-electron chi connectivity index (χ0n) is 11.5. The molecule has 2 atom stereocenters. The third-order valence-electron chi connectivity index (χ3n) is 3.42. The highest BCUT2D eigenvalue weighted by Crippen LogP contribution is 2.26. The van der Waals surface area contributed by atoms with Gasteiger partial charge in [-0.2, -0.15) is 5.10 Å². The lowest BCUT2D eigenvalue weighted by Crippen LogP contribution is -2.35. The molecule has 18 heavy (non-hydrogen) atoms. The Balaban J connectivity index is 2.48. The van der Waals surface area contributed by atoms with Crippen LogP contribution in [0.2, 0.25) is 0 Å². The lowest BCUT2D eigenvalue weighted by Gasteiger charge is -2.23. The molecular formula is C14H25FN2O. The first kappa shape index (κ1) is 15.1. The average molecular weight is 256 g/mol. The van der Waals surface area contributed by atoms with E-state index in [2.05, 4.69) is 24.4 Å². The van der Waals surface area contributed by atoms with Crippen LogP contribution in [0.3, 0.4) is 0 Å². The van der Waals surface area contributed by atoms with Crippen LogP contribution in [0.15, 0.2) is 5.10 Å². The van der Waals surface area contributed by atoms with Gasteiger partial charge in [-0.3, -0.25) is 4.79 Å². The van der Waals surface area contributed by atoms with Gasteiger partial charge < -0.3 is 0 Å². The molecule has 1 aliphatic rings. The molecule has 0 aromatic carbocycles. The summed E-state index contributed by atoms with van der Waals surface area (Å²) in [4.78, 5) is 11.9. The Morgan fingerprint density at radius 2 is 1.83 bits per heavy atom. The number of nitrogens with one attached hydrogen (secondary N) is 1. The summed E-state index contributed by atoms with van der Waals surface area (Å²) in [5.74, 6) is -0.737. The van der Waals surface area contributed by atoms with Crippen LogP contribution in [0.4, 0.5) is 4.39 Å². The molecule has 1 N–H and O–H groups in total. The van der Waals surface area contributed by atoms with E-state index in [-0.39, 0.29) is 5.91 Å². The molecule has 1 rings (SSSR count). The van der Waals surface area contributed by atoms with Crippen LogP contribution in [-0.2, 0) is 4.79 Å². The van der Waals surface area contributed by atoms with E-state index in [1.54, 1.807) is 0 Å². The monoisotopic (exact) mass is 256 g/mol. The van der Waals surface area contributed by atoms with E-state index < -0.39 is 12.1 Å². The van der Waals surface area contributed by atoms with Crippen molar-refractivity contribution in [3.05, 3.63) is 0 Å². The quantitative estimate of drug-likeness (QED) is 0.572. The summed E-state index contributed by atoms with van der Waals surface area (Å²) in [7, 11) is 0. The second kappa shape index (κ2) is 8.22. The van der Waals surface area contributed by atoms with Crippen molar-refractivity contribution in [3.8, 4) is 0 Å². The molecule has 104 valence electrons. The summed E-state index contributed by atoms with van der Waals surface area (Å²) < 4.78 is 13.6. The Kier molecular flexibility index (Phi) is 6.91. The van der Waals surface area contributed by atoms with Gasteiger partial charge in [0.25, 0.3) is 0 Å². The molecule has 0 aromatic rings. The van der Waals surface area contributed by atoms with Crippen LogP contribution in [0.25, 0.3) is 0 Å². The third-order valence-corrected chi connectivity index (χ3v) is 3.42. The highest BCUT2D eigenvalue weighted by atomic mass is 19.1. The highest BCUT2D eigenvalue weighted by molar-refractivity contribution is 5.87. The predicted octanol–water partition coefficient (Wildman–Crippen LogP) is 3.59. The lowest BCUT2D eigenvalue weighted by molar-refractivity contribution is -0.128. The van der Waals surface area contributed by atoms with Crippen molar-refractivity contribution in [2.24, 2.45) is 11.0 Å². The number of hydrogen-bond donors (Lipinski definition) is 1. The van der Waals surface area contributed by atoms with Crippen molar-refractivity contribution in [1.29, 1.82) is 0 Å². The molecule has 2 unspecified atom stereocenters. The zero-order chi connectivity index (χ0) is 13.4. The Hall–Kier alpha value is -0.930. The smallest absolute Gasteiger partial charge is 0.246 e. The summed E-state index contributed by atoms with van der Waals surface area (Å²) in [5.41, 5.74) is 3.58. The minimum Gasteiger partial charge on any atom is -0.273 e. The van der Waals surface area contributed by atoms with E-state index >= 15 is 0 Å². The zero-order valence-corrected chi connectivity index (χ0v) is 11.5. The Bertz CT molecular complexity index is 284. The summed E-state index contributed by atoms with van der Waals surface area (Å²) in [6.07, 6.45) is 5.85. The third kappa shape index (κ3) is 4.75. The van der Waals surface area contributed by atoms with E-state index in [1.165, 1.54) is 0 Å². The van der Waals surface area contributed by atoms with E-state index in [9.17, 15) is 9.18 Å². The van der Waals surface area contributed by atoms with Gasteiger partial charge in [-0.05, 0) is 25.7 Å². The topological polar surface area (TPSA) is 41.5 Å². The average Bonchev–Trinajstić information content (AvgIpc) is 2.36. The fraction of sp³-hybridized carbons (Fsp3) is 0.857. The fourth-order valence-corrected chi connectivity index (χ4v) is 2.41. The first-order chi connectivity index (χ1) is 8.69. The largest absolute Gasteiger partial charge is 0.273 e. The van der Waals surface area contributed by atoms with Crippen LogP contribution in [-0.4, -0.2) is 17.8 Å². The summed E-state index contributed by atoms with van der Waals surface area (Å²) >= 11 is 0. The van der Waals surface area contributed by atoms with Gasteiger partial charge in [0.2, 0.25) is 5.91 Å². The van der Waals surface area contributed by atoms with E-state index in [0.29, 0.717) is 12.8 Å². The fourth-order valence-electron chi connectivity index (χ4n) is 2.41. The Morgan fingerprint density at radius 3 is 2.39 bits per heavy atom.